The Balaban J connectivity index is 2.11. The molecule has 1 heterocycles. The highest BCUT2D eigenvalue weighted by atomic mass is 35.5. The van der Waals surface area contributed by atoms with Gasteiger partial charge in [-0.3, -0.25) is 20.2 Å². The number of hydrogen-bond acceptors (Lipinski definition) is 6. The van der Waals surface area contributed by atoms with E-state index < -0.39 is 27.1 Å². The molecule has 0 saturated carbocycles. The molecule has 0 amide bonds. The Morgan fingerprint density at radius 3 is 2.29 bits per heavy atom. The maximum atomic E-state index is 11.6. The number of nitro benzene ring substituents is 1. The molecule has 0 fully saturated rings. The van der Waals surface area contributed by atoms with Crippen LogP contribution in [0.15, 0.2) is 48.5 Å². The van der Waals surface area contributed by atoms with E-state index in [1.165, 1.54) is 30.3 Å². The van der Waals surface area contributed by atoms with Crippen LogP contribution in [0.3, 0.4) is 0 Å². The molecule has 3 atom stereocenters. The highest BCUT2D eigenvalue weighted by Crippen LogP contribution is 2.51. The van der Waals surface area contributed by atoms with Gasteiger partial charge in [0.15, 0.2) is 6.10 Å². The molecule has 1 N–H and O–H groups in total. The van der Waals surface area contributed by atoms with Gasteiger partial charge >= 0.3 is 5.00 Å². The minimum absolute atomic E-state index is 0.170. The molecule has 9 heteroatoms. The molecule has 0 unspecified atom stereocenters. The molecule has 3 rings (SSSR count). The molecular formula is C15H11ClN2O6. The molecule has 8 nitrogen and oxygen atoms in total. The van der Waals surface area contributed by atoms with Crippen LogP contribution in [0.4, 0.5) is 5.69 Å². The average molecular weight is 351 g/mol. The van der Waals surface area contributed by atoms with Crippen LogP contribution in [0.25, 0.3) is 0 Å². The maximum absolute atomic E-state index is 11.6. The predicted molar refractivity (Wildman–Crippen MR) is 83.4 cm³/mol. The Morgan fingerprint density at radius 1 is 1.08 bits per heavy atom. The summed E-state index contributed by atoms with van der Waals surface area (Å²) in [7, 11) is 0. The molecule has 1 aliphatic heterocycles. The standard InChI is InChI=1S/C15H11ClN2O6/c16-15(18(22)23)13(19)11-3-1-2-4-12(11)24-14(15)9-5-7-10(8-6-9)17(20)21/h1-8,13-14,19H/t13-,14-,15+/m0/s1. The lowest BCUT2D eigenvalue weighted by Gasteiger charge is -2.37. The largest absolute Gasteiger partial charge is 0.476 e. The van der Waals surface area contributed by atoms with Gasteiger partial charge in [-0.25, -0.2) is 0 Å². The molecule has 0 aliphatic carbocycles. The zero-order valence-corrected chi connectivity index (χ0v) is 12.8. The number of benzene rings is 2. The second kappa shape index (κ2) is 5.73. The van der Waals surface area contributed by atoms with Crippen molar-refractivity contribution >= 4 is 17.3 Å². The lowest BCUT2D eigenvalue weighted by atomic mass is 9.89. The number of rotatable bonds is 3. The second-order valence-corrected chi connectivity index (χ2v) is 5.88. The third-order valence-corrected chi connectivity index (χ3v) is 4.44. The molecule has 24 heavy (non-hydrogen) atoms. The van der Waals surface area contributed by atoms with Gasteiger partial charge in [-0.2, -0.15) is 0 Å². The predicted octanol–water partition coefficient (Wildman–Crippen LogP) is 2.97. The van der Waals surface area contributed by atoms with Crippen molar-refractivity contribution in [2.24, 2.45) is 0 Å². The van der Waals surface area contributed by atoms with Gasteiger partial charge in [0, 0.05) is 23.3 Å². The summed E-state index contributed by atoms with van der Waals surface area (Å²) in [5, 5.41) is 32.8. The molecule has 2 aromatic rings. The summed E-state index contributed by atoms with van der Waals surface area (Å²) in [6.45, 7) is 0. The van der Waals surface area contributed by atoms with Crippen molar-refractivity contribution in [1.82, 2.24) is 0 Å². The molecule has 0 saturated heterocycles. The minimum atomic E-state index is -2.36. The van der Waals surface area contributed by atoms with Crippen molar-refractivity contribution in [1.29, 1.82) is 0 Å². The van der Waals surface area contributed by atoms with E-state index in [0.717, 1.165) is 0 Å². The smallest absolute Gasteiger partial charge is 0.364 e. The lowest BCUT2D eigenvalue weighted by Crippen LogP contribution is -2.49. The van der Waals surface area contributed by atoms with Crippen LogP contribution in [-0.2, 0) is 0 Å². The Kier molecular flexibility index (Phi) is 3.86. The van der Waals surface area contributed by atoms with Crippen LogP contribution in [-0.4, -0.2) is 20.0 Å². The Labute approximate surface area is 140 Å². The Morgan fingerprint density at radius 2 is 1.71 bits per heavy atom. The first kappa shape index (κ1) is 16.2. The quantitative estimate of drug-likeness (QED) is 0.393. The number of ether oxygens (including phenoxy) is 1. The van der Waals surface area contributed by atoms with Crippen LogP contribution in [0.2, 0.25) is 0 Å². The van der Waals surface area contributed by atoms with E-state index in [1.807, 2.05) is 0 Å². The number of non-ortho nitro benzene ring substituents is 1. The van der Waals surface area contributed by atoms with Crippen LogP contribution in [0.1, 0.15) is 23.3 Å². The van der Waals surface area contributed by atoms with Crippen LogP contribution >= 0.6 is 11.6 Å². The van der Waals surface area contributed by atoms with E-state index in [9.17, 15) is 25.3 Å². The van der Waals surface area contributed by atoms with E-state index in [0.29, 0.717) is 0 Å². The zero-order valence-electron chi connectivity index (χ0n) is 12.0. The fourth-order valence-corrected chi connectivity index (χ4v) is 2.94. The number of para-hydroxylation sites is 1. The summed E-state index contributed by atoms with van der Waals surface area (Å²) in [6, 6.07) is 11.4. The SMILES string of the molecule is O=[N+]([O-])c1ccc([C@@H]2Oc3ccccc3[C@H](O)[C@@]2(Cl)[N+](=O)[O-])cc1. The van der Waals surface area contributed by atoms with E-state index >= 15 is 0 Å². The van der Waals surface area contributed by atoms with Crippen molar-refractivity contribution < 1.29 is 19.7 Å². The minimum Gasteiger partial charge on any atom is -0.476 e. The second-order valence-electron chi connectivity index (χ2n) is 5.27. The number of fused-ring (bicyclic) bond motifs is 1. The van der Waals surface area contributed by atoms with Gasteiger partial charge in [0.25, 0.3) is 5.69 Å². The topological polar surface area (TPSA) is 116 Å². The van der Waals surface area contributed by atoms with Crippen LogP contribution < -0.4 is 4.74 Å². The number of aliphatic hydroxyl groups is 1. The van der Waals surface area contributed by atoms with E-state index in [4.69, 9.17) is 16.3 Å². The summed E-state index contributed by atoms with van der Waals surface area (Å²) in [5.41, 5.74) is 0.292. The highest BCUT2D eigenvalue weighted by molar-refractivity contribution is 6.23. The monoisotopic (exact) mass is 350 g/mol. The third-order valence-electron chi connectivity index (χ3n) is 3.90. The van der Waals surface area contributed by atoms with Crippen molar-refractivity contribution in [3.05, 3.63) is 79.9 Å². The van der Waals surface area contributed by atoms with Crippen molar-refractivity contribution in [2.75, 3.05) is 0 Å². The summed E-state index contributed by atoms with van der Waals surface area (Å²) in [5.74, 6) is 0.270. The number of hydrogen-bond donors (Lipinski definition) is 1. The van der Waals surface area contributed by atoms with Gasteiger partial charge in [-0.15, -0.1) is 0 Å². The lowest BCUT2D eigenvalue weighted by molar-refractivity contribution is -0.570. The van der Waals surface area contributed by atoms with Crippen LogP contribution in [0, 0.1) is 20.2 Å². The normalized spacial score (nSPS) is 25.4. The molecule has 0 spiro atoms. The molecule has 1 aliphatic rings. The third kappa shape index (κ3) is 2.36. The highest BCUT2D eigenvalue weighted by Gasteiger charge is 2.61. The number of nitro groups is 2. The van der Waals surface area contributed by atoms with E-state index in [1.54, 1.807) is 18.2 Å². The van der Waals surface area contributed by atoms with Gasteiger partial charge in [0.1, 0.15) is 5.75 Å². The fraction of sp³-hybridized carbons (Fsp3) is 0.200. The molecule has 124 valence electrons. The molecule has 0 bridgehead atoms. The van der Waals surface area contributed by atoms with Gasteiger partial charge in [-0.1, -0.05) is 18.2 Å². The van der Waals surface area contributed by atoms with Gasteiger partial charge in [-0.05, 0) is 29.8 Å². The maximum Gasteiger partial charge on any atom is 0.364 e. The summed E-state index contributed by atoms with van der Waals surface area (Å²) < 4.78 is 5.66. The first-order valence-electron chi connectivity index (χ1n) is 6.87. The zero-order chi connectivity index (χ0) is 17.5. The summed E-state index contributed by atoms with van der Waals surface area (Å²) >= 11 is 6.18. The summed E-state index contributed by atoms with van der Waals surface area (Å²) in [4.78, 5) is 18.6. The van der Waals surface area contributed by atoms with Crippen molar-refractivity contribution in [3.63, 3.8) is 0 Å². The van der Waals surface area contributed by atoms with Gasteiger partial charge in [0.2, 0.25) is 6.10 Å². The van der Waals surface area contributed by atoms with E-state index in [2.05, 4.69) is 0 Å². The van der Waals surface area contributed by atoms with E-state index in [-0.39, 0.29) is 22.6 Å². The first-order chi connectivity index (χ1) is 11.4. The summed E-state index contributed by atoms with van der Waals surface area (Å²) in [6.07, 6.45) is -2.93. The van der Waals surface area contributed by atoms with Crippen molar-refractivity contribution in [2.45, 2.75) is 17.2 Å². The molecular weight excluding hydrogens is 340 g/mol. The number of alkyl halides is 1. The number of halogens is 1. The Hall–Kier alpha value is -2.71. The molecule has 0 radical (unpaired) electrons. The Bertz CT molecular complexity index is 812. The fourth-order valence-electron chi connectivity index (χ4n) is 2.65. The number of aliphatic hydroxyl groups excluding tert-OH is 1. The first-order valence-corrected chi connectivity index (χ1v) is 7.25. The van der Waals surface area contributed by atoms with Gasteiger partial charge in [0.05, 0.1) is 9.85 Å². The average Bonchev–Trinajstić information content (AvgIpc) is 2.58. The van der Waals surface area contributed by atoms with Crippen LogP contribution in [0.5, 0.6) is 5.75 Å². The van der Waals surface area contributed by atoms with Crippen molar-refractivity contribution in [3.8, 4) is 5.75 Å². The molecule has 2 aromatic carbocycles. The molecule has 0 aromatic heterocycles. The number of nitrogens with zero attached hydrogens (tertiary/aromatic N) is 2. The van der Waals surface area contributed by atoms with Gasteiger partial charge < -0.3 is 9.84 Å².